The van der Waals surface area contributed by atoms with Gasteiger partial charge >= 0.3 is 18.3 Å². The molecule has 0 unspecified atom stereocenters. The van der Waals surface area contributed by atoms with E-state index in [1.165, 1.54) is 18.2 Å². The van der Waals surface area contributed by atoms with Gasteiger partial charge in [0.05, 0.1) is 0 Å². The predicted molar refractivity (Wildman–Crippen MR) is 115 cm³/mol. The van der Waals surface area contributed by atoms with Crippen molar-refractivity contribution in [3.05, 3.63) is 29.8 Å². The molecule has 31 heavy (non-hydrogen) atoms. The van der Waals surface area contributed by atoms with Gasteiger partial charge in [-0.2, -0.15) is 0 Å². The molecule has 0 N–H and O–H groups in total. The summed E-state index contributed by atoms with van der Waals surface area (Å²) in [5.41, 5.74) is -2.50. The quantitative estimate of drug-likeness (QED) is 0.326. The van der Waals surface area contributed by atoms with Crippen molar-refractivity contribution in [2.75, 3.05) is 0 Å². The second-order valence-corrected chi connectivity index (χ2v) is 9.70. The minimum atomic E-state index is -1.05. The highest BCUT2D eigenvalue weighted by molar-refractivity contribution is 5.98. The maximum Gasteiger partial charge on any atom is 0.514 e. The Morgan fingerprint density at radius 1 is 0.742 bits per heavy atom. The number of ether oxygens (including phenoxy) is 5. The van der Waals surface area contributed by atoms with Crippen LogP contribution in [-0.4, -0.2) is 35.1 Å². The molecule has 1 aromatic carbocycles. The first-order valence-electron chi connectivity index (χ1n) is 9.76. The molecule has 0 amide bonds. The van der Waals surface area contributed by atoms with E-state index < -0.39 is 35.1 Å². The Balaban J connectivity index is 3.52. The summed E-state index contributed by atoms with van der Waals surface area (Å²) in [5.74, 6) is -1.28. The Hall–Kier alpha value is -3.03. The van der Waals surface area contributed by atoms with E-state index in [2.05, 4.69) is 6.58 Å². The summed E-state index contributed by atoms with van der Waals surface area (Å²) in [4.78, 5) is 37.5. The minimum absolute atomic E-state index is 0.201. The van der Waals surface area contributed by atoms with Crippen molar-refractivity contribution in [1.82, 2.24) is 0 Å². The number of hydrogen-bond acceptors (Lipinski definition) is 8. The van der Waals surface area contributed by atoms with E-state index in [9.17, 15) is 14.4 Å². The molecule has 0 saturated carbocycles. The standard InChI is InChI=1S/C23H32O8/c1-11-14-12-13-15(27-19(25)30-22(5,6)7)16(18(24)29-21(2,3)4)17(14)28-20(26)31-23(8,9)10/h11-13H,1H2,2-10H3. The first kappa shape index (κ1) is 26.0. The van der Waals surface area contributed by atoms with Crippen LogP contribution in [0.4, 0.5) is 9.59 Å². The SMILES string of the molecule is C=Cc1ccc(OC(=O)OC(C)(C)C)c(C(=O)OC(C)(C)C)c1OC(=O)OC(C)(C)C. The second-order valence-electron chi connectivity index (χ2n) is 9.70. The lowest BCUT2D eigenvalue weighted by Crippen LogP contribution is -2.29. The monoisotopic (exact) mass is 436 g/mol. The highest BCUT2D eigenvalue weighted by Gasteiger charge is 2.31. The first-order valence-corrected chi connectivity index (χ1v) is 9.76. The van der Waals surface area contributed by atoms with E-state index in [0.29, 0.717) is 5.56 Å². The normalized spacial score (nSPS) is 11.9. The summed E-state index contributed by atoms with van der Waals surface area (Å²) in [6, 6.07) is 2.84. The lowest BCUT2D eigenvalue weighted by molar-refractivity contribution is 0.00528. The summed E-state index contributed by atoms with van der Waals surface area (Å²) in [6.45, 7) is 18.7. The van der Waals surface area contributed by atoms with E-state index in [4.69, 9.17) is 23.7 Å². The summed E-state index contributed by atoms with van der Waals surface area (Å²) in [7, 11) is 0. The van der Waals surface area contributed by atoms with Crippen molar-refractivity contribution in [2.45, 2.75) is 79.1 Å². The van der Waals surface area contributed by atoms with Crippen LogP contribution in [0.5, 0.6) is 11.5 Å². The van der Waals surface area contributed by atoms with E-state index in [1.807, 2.05) is 0 Å². The molecule has 0 aliphatic heterocycles. The van der Waals surface area contributed by atoms with E-state index in [1.54, 1.807) is 62.3 Å². The number of esters is 1. The molecule has 1 aromatic rings. The smallest absolute Gasteiger partial charge is 0.456 e. The van der Waals surface area contributed by atoms with E-state index in [-0.39, 0.29) is 17.1 Å². The fraction of sp³-hybridized carbons (Fsp3) is 0.522. The molecule has 0 saturated heterocycles. The van der Waals surface area contributed by atoms with Crippen molar-refractivity contribution in [3.63, 3.8) is 0 Å². The van der Waals surface area contributed by atoms with Gasteiger partial charge in [-0.3, -0.25) is 0 Å². The van der Waals surface area contributed by atoms with Crippen molar-refractivity contribution < 1.29 is 38.1 Å². The third-order valence-corrected chi connectivity index (χ3v) is 3.13. The van der Waals surface area contributed by atoms with Crippen LogP contribution in [0.1, 0.15) is 78.2 Å². The molecule has 172 valence electrons. The van der Waals surface area contributed by atoms with Gasteiger partial charge < -0.3 is 23.7 Å². The average molecular weight is 437 g/mol. The zero-order valence-electron chi connectivity index (χ0n) is 19.7. The number of carbonyl (C=O) groups is 3. The van der Waals surface area contributed by atoms with Gasteiger partial charge in [-0.15, -0.1) is 0 Å². The predicted octanol–water partition coefficient (Wildman–Crippen LogP) is 5.91. The van der Waals surface area contributed by atoms with E-state index >= 15 is 0 Å². The molecule has 0 heterocycles. The Bertz CT molecular complexity index is 848. The summed E-state index contributed by atoms with van der Waals surface area (Å²) >= 11 is 0. The van der Waals surface area contributed by atoms with Crippen molar-refractivity contribution in [2.24, 2.45) is 0 Å². The maximum absolute atomic E-state index is 13.0. The fourth-order valence-corrected chi connectivity index (χ4v) is 2.17. The number of carbonyl (C=O) groups excluding carboxylic acids is 3. The number of benzene rings is 1. The second kappa shape index (κ2) is 9.41. The summed E-state index contributed by atoms with van der Waals surface area (Å²) in [5, 5.41) is 0. The highest BCUT2D eigenvalue weighted by Crippen LogP contribution is 2.36. The van der Waals surface area contributed by atoms with Gasteiger partial charge in [0.2, 0.25) is 0 Å². The molecule has 8 nitrogen and oxygen atoms in total. The molecule has 0 aliphatic rings. The Labute approximate surface area is 183 Å². The summed E-state index contributed by atoms with van der Waals surface area (Å²) in [6.07, 6.45) is -0.702. The van der Waals surface area contributed by atoms with Crippen LogP contribution in [0.15, 0.2) is 18.7 Å². The topological polar surface area (TPSA) is 97.4 Å². The largest absolute Gasteiger partial charge is 0.514 e. The number of hydrogen-bond donors (Lipinski definition) is 0. The lowest BCUT2D eigenvalue weighted by atomic mass is 10.1. The average Bonchev–Trinajstić information content (AvgIpc) is 2.49. The minimum Gasteiger partial charge on any atom is -0.456 e. The molecule has 8 heteroatoms. The lowest BCUT2D eigenvalue weighted by Gasteiger charge is -2.24. The highest BCUT2D eigenvalue weighted by atomic mass is 16.7. The molecular formula is C23H32O8. The third kappa shape index (κ3) is 9.11. The van der Waals surface area contributed by atoms with Crippen molar-refractivity contribution >= 4 is 24.4 Å². The summed E-state index contributed by atoms with van der Waals surface area (Å²) < 4.78 is 26.4. The fourth-order valence-electron chi connectivity index (χ4n) is 2.17. The van der Waals surface area contributed by atoms with Crippen LogP contribution in [0.2, 0.25) is 0 Å². The Morgan fingerprint density at radius 3 is 1.61 bits per heavy atom. The van der Waals surface area contributed by atoms with Crippen LogP contribution in [0.25, 0.3) is 6.08 Å². The van der Waals surface area contributed by atoms with E-state index in [0.717, 1.165) is 0 Å². The zero-order chi connectivity index (χ0) is 24.2. The molecule has 0 bridgehead atoms. The van der Waals surface area contributed by atoms with Crippen molar-refractivity contribution in [3.8, 4) is 11.5 Å². The Morgan fingerprint density at radius 2 is 1.19 bits per heavy atom. The maximum atomic E-state index is 13.0. The molecule has 0 spiro atoms. The van der Waals surface area contributed by atoms with Gasteiger partial charge in [0.15, 0.2) is 11.5 Å². The molecule has 0 aliphatic carbocycles. The van der Waals surface area contributed by atoms with Crippen LogP contribution in [-0.2, 0) is 14.2 Å². The molecule has 1 rings (SSSR count). The van der Waals surface area contributed by atoms with Crippen molar-refractivity contribution in [1.29, 1.82) is 0 Å². The third-order valence-electron chi connectivity index (χ3n) is 3.13. The van der Waals surface area contributed by atoms with Crippen LogP contribution < -0.4 is 9.47 Å². The zero-order valence-corrected chi connectivity index (χ0v) is 19.7. The van der Waals surface area contributed by atoms with Crippen LogP contribution in [0.3, 0.4) is 0 Å². The van der Waals surface area contributed by atoms with Gasteiger partial charge in [0, 0.05) is 5.56 Å². The van der Waals surface area contributed by atoms with Gasteiger partial charge in [-0.1, -0.05) is 12.7 Å². The molecular weight excluding hydrogens is 404 g/mol. The van der Waals surface area contributed by atoms with Gasteiger partial charge in [-0.25, -0.2) is 14.4 Å². The molecule has 0 fully saturated rings. The Kier molecular flexibility index (Phi) is 7.89. The van der Waals surface area contributed by atoms with Gasteiger partial charge in [-0.05, 0) is 74.4 Å². The molecule has 0 aromatic heterocycles. The van der Waals surface area contributed by atoms with Gasteiger partial charge in [0.1, 0.15) is 22.4 Å². The molecule has 0 atom stereocenters. The first-order chi connectivity index (χ1) is 13.9. The van der Waals surface area contributed by atoms with Gasteiger partial charge in [0.25, 0.3) is 0 Å². The number of rotatable bonds is 4. The molecule has 0 radical (unpaired) electrons. The van der Waals surface area contributed by atoms with Crippen LogP contribution >= 0.6 is 0 Å². The van der Waals surface area contributed by atoms with Crippen LogP contribution in [0, 0.1) is 0 Å².